The van der Waals surface area contributed by atoms with Gasteiger partial charge in [-0.25, -0.2) is 9.97 Å². The Kier molecular flexibility index (Phi) is 3.42. The number of aromatic nitrogens is 2. The first-order valence-electron chi connectivity index (χ1n) is 6.29. The minimum Gasteiger partial charge on any atom is -0.370 e. The van der Waals surface area contributed by atoms with Gasteiger partial charge in [-0.2, -0.15) is 0 Å². The van der Waals surface area contributed by atoms with E-state index in [1.165, 1.54) is 21.2 Å². The maximum absolute atomic E-state index is 4.15. The van der Waals surface area contributed by atoms with Gasteiger partial charge < -0.3 is 5.32 Å². The number of nitrogens with zero attached hydrogens (tertiary/aromatic N) is 2. The Morgan fingerprint density at radius 1 is 1.26 bits per heavy atom. The van der Waals surface area contributed by atoms with E-state index in [2.05, 4.69) is 45.8 Å². The first-order valence-corrected chi connectivity index (χ1v) is 7.17. The van der Waals surface area contributed by atoms with Crippen LogP contribution in [0.4, 0.5) is 5.82 Å². The zero-order valence-corrected chi connectivity index (χ0v) is 11.6. The van der Waals surface area contributed by atoms with Gasteiger partial charge in [0.1, 0.15) is 12.1 Å². The third-order valence-electron chi connectivity index (χ3n) is 3.19. The van der Waals surface area contributed by atoms with Crippen molar-refractivity contribution in [1.82, 2.24) is 9.97 Å². The van der Waals surface area contributed by atoms with E-state index >= 15 is 0 Å². The molecule has 3 nitrogen and oxygen atoms in total. The van der Waals surface area contributed by atoms with Crippen LogP contribution in [0.5, 0.6) is 0 Å². The van der Waals surface area contributed by atoms with Gasteiger partial charge in [0, 0.05) is 17.4 Å². The van der Waals surface area contributed by atoms with E-state index in [1.54, 1.807) is 23.9 Å². The third kappa shape index (κ3) is 2.74. The fourth-order valence-electron chi connectivity index (χ4n) is 2.15. The summed E-state index contributed by atoms with van der Waals surface area (Å²) in [6, 6.07) is 8.64. The van der Waals surface area contributed by atoms with Crippen molar-refractivity contribution in [3.8, 4) is 0 Å². The summed E-state index contributed by atoms with van der Waals surface area (Å²) in [6.07, 6.45) is 4.31. The molecular weight excluding hydrogens is 254 g/mol. The van der Waals surface area contributed by atoms with Gasteiger partial charge >= 0.3 is 0 Å². The number of aryl methyl sites for hydroxylation is 1. The van der Waals surface area contributed by atoms with E-state index in [4.69, 9.17) is 0 Å². The van der Waals surface area contributed by atoms with Gasteiger partial charge in [-0.05, 0) is 59.5 Å². The number of benzene rings is 1. The van der Waals surface area contributed by atoms with Crippen LogP contribution in [-0.2, 0) is 6.42 Å². The fourth-order valence-corrected chi connectivity index (χ4v) is 3.02. The monoisotopic (exact) mass is 269 g/mol. The summed E-state index contributed by atoms with van der Waals surface area (Å²) in [7, 11) is 0. The van der Waals surface area contributed by atoms with Gasteiger partial charge in [-0.15, -0.1) is 11.3 Å². The Hall–Kier alpha value is -1.94. The van der Waals surface area contributed by atoms with Crippen molar-refractivity contribution >= 4 is 27.2 Å². The average Bonchev–Trinajstić information content (AvgIpc) is 2.87. The van der Waals surface area contributed by atoms with E-state index in [0.717, 1.165) is 18.8 Å². The van der Waals surface area contributed by atoms with Crippen molar-refractivity contribution in [2.75, 3.05) is 11.9 Å². The van der Waals surface area contributed by atoms with Gasteiger partial charge in [-0.1, -0.05) is 0 Å². The quantitative estimate of drug-likeness (QED) is 0.785. The number of hydrogen-bond donors (Lipinski definition) is 1. The van der Waals surface area contributed by atoms with Gasteiger partial charge in [-0.3, -0.25) is 0 Å². The molecule has 0 aliphatic rings. The highest BCUT2D eigenvalue weighted by atomic mass is 32.1. The van der Waals surface area contributed by atoms with Crippen molar-refractivity contribution in [3.05, 3.63) is 53.3 Å². The fraction of sp³-hybridized carbons (Fsp3) is 0.200. The topological polar surface area (TPSA) is 37.8 Å². The van der Waals surface area contributed by atoms with Crippen LogP contribution in [0.2, 0.25) is 0 Å². The summed E-state index contributed by atoms with van der Waals surface area (Å²) in [6.45, 7) is 3.06. The van der Waals surface area contributed by atoms with E-state index in [0.29, 0.717) is 0 Å². The molecule has 2 aromatic heterocycles. The molecule has 0 unspecified atom stereocenters. The lowest BCUT2D eigenvalue weighted by atomic mass is 10.0. The molecule has 0 saturated carbocycles. The molecule has 0 aliphatic carbocycles. The lowest BCUT2D eigenvalue weighted by Crippen LogP contribution is -2.07. The number of fused-ring (bicyclic) bond motifs is 1. The van der Waals surface area contributed by atoms with Crippen LogP contribution in [0.15, 0.2) is 42.2 Å². The molecule has 0 radical (unpaired) electrons. The van der Waals surface area contributed by atoms with Crippen LogP contribution in [0.1, 0.15) is 11.1 Å². The molecule has 0 bridgehead atoms. The standard InChI is InChI=1S/C15H15N3S/c1-11-8-14-13(4-7-19-14)9-12(11)2-6-17-15-3-5-16-10-18-15/h3-5,7-10H,2,6H2,1H3,(H,16,17,18). The van der Waals surface area contributed by atoms with Gasteiger partial charge in [0.05, 0.1) is 0 Å². The van der Waals surface area contributed by atoms with Crippen LogP contribution in [-0.4, -0.2) is 16.5 Å². The van der Waals surface area contributed by atoms with Crippen molar-refractivity contribution in [2.45, 2.75) is 13.3 Å². The van der Waals surface area contributed by atoms with Crippen LogP contribution in [0.25, 0.3) is 10.1 Å². The van der Waals surface area contributed by atoms with Crippen LogP contribution >= 0.6 is 11.3 Å². The highest BCUT2D eigenvalue weighted by molar-refractivity contribution is 7.17. The van der Waals surface area contributed by atoms with Gasteiger partial charge in [0.25, 0.3) is 0 Å². The molecule has 0 fully saturated rings. The molecule has 19 heavy (non-hydrogen) atoms. The second-order valence-corrected chi connectivity index (χ2v) is 5.46. The highest BCUT2D eigenvalue weighted by Gasteiger charge is 2.02. The van der Waals surface area contributed by atoms with E-state index in [9.17, 15) is 0 Å². The zero-order valence-electron chi connectivity index (χ0n) is 10.8. The summed E-state index contributed by atoms with van der Waals surface area (Å²) < 4.78 is 1.37. The number of thiophene rings is 1. The molecule has 0 atom stereocenters. The van der Waals surface area contributed by atoms with Crippen molar-refractivity contribution in [3.63, 3.8) is 0 Å². The Morgan fingerprint density at radius 2 is 2.21 bits per heavy atom. The second-order valence-electron chi connectivity index (χ2n) is 4.51. The number of anilines is 1. The molecular formula is C15H15N3S. The summed E-state index contributed by atoms with van der Waals surface area (Å²) in [4.78, 5) is 8.06. The second kappa shape index (κ2) is 5.36. The molecule has 4 heteroatoms. The predicted octanol–water partition coefficient (Wildman–Crippen LogP) is 3.65. The molecule has 1 aromatic carbocycles. The summed E-state index contributed by atoms with van der Waals surface area (Å²) in [5, 5.41) is 6.80. The molecule has 1 N–H and O–H groups in total. The largest absolute Gasteiger partial charge is 0.370 e. The normalized spacial score (nSPS) is 10.8. The maximum Gasteiger partial charge on any atom is 0.129 e. The molecule has 3 rings (SSSR count). The maximum atomic E-state index is 4.15. The lowest BCUT2D eigenvalue weighted by molar-refractivity contribution is 0.991. The minimum atomic E-state index is 0.879. The van der Waals surface area contributed by atoms with Gasteiger partial charge in [0.2, 0.25) is 0 Å². The summed E-state index contributed by atoms with van der Waals surface area (Å²) >= 11 is 1.80. The third-order valence-corrected chi connectivity index (χ3v) is 4.07. The molecule has 96 valence electrons. The first-order chi connectivity index (χ1) is 9.33. The smallest absolute Gasteiger partial charge is 0.129 e. The lowest BCUT2D eigenvalue weighted by Gasteiger charge is -2.08. The molecule has 0 spiro atoms. The summed E-state index contributed by atoms with van der Waals surface area (Å²) in [5.74, 6) is 0.879. The van der Waals surface area contributed by atoms with Crippen LogP contribution in [0, 0.1) is 6.92 Å². The molecule has 0 amide bonds. The number of nitrogens with one attached hydrogen (secondary N) is 1. The van der Waals surface area contributed by atoms with Crippen LogP contribution < -0.4 is 5.32 Å². The molecule has 0 saturated heterocycles. The Bertz CT molecular complexity index is 676. The van der Waals surface area contributed by atoms with E-state index in [1.807, 2.05) is 6.07 Å². The SMILES string of the molecule is Cc1cc2sccc2cc1CCNc1ccncn1. The van der Waals surface area contributed by atoms with Crippen molar-refractivity contribution < 1.29 is 0 Å². The Morgan fingerprint density at radius 3 is 3.05 bits per heavy atom. The average molecular weight is 269 g/mol. The van der Waals surface area contributed by atoms with E-state index < -0.39 is 0 Å². The zero-order chi connectivity index (χ0) is 13.1. The predicted molar refractivity (Wildman–Crippen MR) is 80.8 cm³/mol. The number of rotatable bonds is 4. The Labute approximate surface area is 116 Å². The molecule has 0 aliphatic heterocycles. The first kappa shape index (κ1) is 12.1. The van der Waals surface area contributed by atoms with Gasteiger partial charge in [0.15, 0.2) is 0 Å². The van der Waals surface area contributed by atoms with Crippen LogP contribution in [0.3, 0.4) is 0 Å². The number of hydrogen-bond acceptors (Lipinski definition) is 4. The van der Waals surface area contributed by atoms with Crippen molar-refractivity contribution in [2.24, 2.45) is 0 Å². The van der Waals surface area contributed by atoms with Crippen molar-refractivity contribution in [1.29, 1.82) is 0 Å². The molecule has 3 aromatic rings. The van der Waals surface area contributed by atoms with E-state index in [-0.39, 0.29) is 0 Å². The highest BCUT2D eigenvalue weighted by Crippen LogP contribution is 2.24. The molecule has 2 heterocycles. The Balaban J connectivity index is 1.69. The minimum absolute atomic E-state index is 0.879. The summed E-state index contributed by atoms with van der Waals surface area (Å²) in [5.41, 5.74) is 2.76.